The van der Waals surface area contributed by atoms with Crippen LogP contribution in [-0.2, 0) is 11.2 Å². The molecule has 0 radical (unpaired) electrons. The summed E-state index contributed by atoms with van der Waals surface area (Å²) in [6, 6.07) is 5.18. The molecule has 1 aromatic rings. The van der Waals surface area contributed by atoms with Crippen LogP contribution in [0, 0.1) is 5.82 Å². The Morgan fingerprint density at radius 2 is 2.33 bits per heavy atom. The molecule has 18 heavy (non-hydrogen) atoms. The fourth-order valence-electron chi connectivity index (χ4n) is 2.62. The van der Waals surface area contributed by atoms with E-state index in [1.807, 2.05) is 6.07 Å². The van der Waals surface area contributed by atoms with Gasteiger partial charge in [-0.1, -0.05) is 6.07 Å². The molecular weight excluding hydrogens is 233 g/mol. The number of ether oxygens (including phenoxy) is 1. The van der Waals surface area contributed by atoms with Gasteiger partial charge in [-0.05, 0) is 36.6 Å². The van der Waals surface area contributed by atoms with Gasteiger partial charge in [0.1, 0.15) is 5.82 Å². The van der Waals surface area contributed by atoms with Crippen LogP contribution >= 0.6 is 0 Å². The third kappa shape index (κ3) is 2.88. The maximum atomic E-state index is 13.2. The molecule has 1 aliphatic heterocycles. The van der Waals surface area contributed by atoms with Crippen molar-refractivity contribution in [3.05, 3.63) is 35.1 Å². The summed E-state index contributed by atoms with van der Waals surface area (Å²) in [5.41, 5.74) is 2.24. The molecule has 0 fully saturated rings. The molecule has 0 spiro atoms. The Hall–Kier alpha value is -0.970. The number of hydrogen-bond acceptors (Lipinski definition) is 3. The topological polar surface area (TPSA) is 32.7 Å². The zero-order valence-corrected chi connectivity index (χ0v) is 10.9. The van der Waals surface area contributed by atoms with Crippen LogP contribution in [0.4, 0.5) is 4.39 Å². The van der Waals surface area contributed by atoms with E-state index in [2.05, 4.69) is 11.8 Å². The van der Waals surface area contributed by atoms with Crippen molar-refractivity contribution in [1.82, 2.24) is 4.90 Å². The Balaban J connectivity index is 2.08. The molecule has 1 aliphatic rings. The fourth-order valence-corrected chi connectivity index (χ4v) is 2.62. The van der Waals surface area contributed by atoms with E-state index >= 15 is 0 Å². The van der Waals surface area contributed by atoms with Crippen molar-refractivity contribution in [3.63, 3.8) is 0 Å². The highest BCUT2D eigenvalue weighted by molar-refractivity contribution is 5.32. The van der Waals surface area contributed by atoms with Crippen LogP contribution in [0.25, 0.3) is 0 Å². The molecule has 100 valence electrons. The summed E-state index contributed by atoms with van der Waals surface area (Å²) in [6.45, 7) is 3.87. The number of halogens is 1. The number of aliphatic hydroxyl groups is 1. The van der Waals surface area contributed by atoms with E-state index < -0.39 is 6.10 Å². The van der Waals surface area contributed by atoms with E-state index in [1.165, 1.54) is 6.07 Å². The maximum Gasteiger partial charge on any atom is 0.123 e. The number of fused-ring (bicyclic) bond motifs is 1. The van der Waals surface area contributed by atoms with E-state index in [1.54, 1.807) is 13.2 Å². The number of nitrogens with zero attached hydrogens (tertiary/aromatic N) is 1. The summed E-state index contributed by atoms with van der Waals surface area (Å²) < 4.78 is 18.1. The normalized spacial score (nSPS) is 21.7. The monoisotopic (exact) mass is 253 g/mol. The first-order valence-corrected chi connectivity index (χ1v) is 6.31. The SMILES string of the molecule is COC[C@H](O)CN1CCc2cc(F)ccc2[C@H]1C. The van der Waals surface area contributed by atoms with Crippen molar-refractivity contribution in [2.45, 2.75) is 25.5 Å². The molecule has 4 heteroatoms. The lowest BCUT2D eigenvalue weighted by Crippen LogP contribution is -2.40. The van der Waals surface area contributed by atoms with Crippen LogP contribution in [0.3, 0.4) is 0 Å². The number of rotatable bonds is 4. The molecule has 0 aliphatic carbocycles. The van der Waals surface area contributed by atoms with Crippen LogP contribution in [0.15, 0.2) is 18.2 Å². The minimum Gasteiger partial charge on any atom is -0.389 e. The quantitative estimate of drug-likeness (QED) is 0.887. The lowest BCUT2D eigenvalue weighted by molar-refractivity contribution is 0.0263. The number of methoxy groups -OCH3 is 1. The summed E-state index contributed by atoms with van der Waals surface area (Å²) in [7, 11) is 1.58. The van der Waals surface area contributed by atoms with Gasteiger partial charge in [0.15, 0.2) is 0 Å². The minimum atomic E-state index is -0.473. The average Bonchev–Trinajstić information content (AvgIpc) is 2.33. The second-order valence-corrected chi connectivity index (χ2v) is 4.87. The van der Waals surface area contributed by atoms with Gasteiger partial charge in [0, 0.05) is 26.2 Å². The highest BCUT2D eigenvalue weighted by Gasteiger charge is 2.25. The van der Waals surface area contributed by atoms with Gasteiger partial charge in [-0.15, -0.1) is 0 Å². The molecule has 0 unspecified atom stereocenters. The Bertz CT molecular complexity index is 411. The minimum absolute atomic E-state index is 0.172. The second kappa shape index (κ2) is 5.78. The average molecular weight is 253 g/mol. The molecule has 0 saturated heterocycles. The van der Waals surface area contributed by atoms with E-state index in [-0.39, 0.29) is 11.9 Å². The molecule has 1 aromatic carbocycles. The van der Waals surface area contributed by atoms with Crippen molar-refractivity contribution in [3.8, 4) is 0 Å². The molecule has 2 rings (SSSR count). The van der Waals surface area contributed by atoms with E-state index in [4.69, 9.17) is 4.74 Å². The molecule has 0 aromatic heterocycles. The Labute approximate surface area is 107 Å². The van der Waals surface area contributed by atoms with Gasteiger partial charge in [0.2, 0.25) is 0 Å². The number of β-amino-alcohol motifs (C(OH)–C–C–N with tert-alkyl or cyclic N) is 1. The first-order chi connectivity index (χ1) is 8.61. The summed E-state index contributed by atoms with van der Waals surface area (Å²) in [5, 5.41) is 9.78. The second-order valence-electron chi connectivity index (χ2n) is 4.87. The zero-order chi connectivity index (χ0) is 13.1. The Morgan fingerprint density at radius 3 is 3.06 bits per heavy atom. The van der Waals surface area contributed by atoms with Gasteiger partial charge >= 0.3 is 0 Å². The van der Waals surface area contributed by atoms with Gasteiger partial charge in [0.05, 0.1) is 12.7 Å². The Kier molecular flexibility index (Phi) is 4.32. The predicted octanol–water partition coefficient (Wildman–Crippen LogP) is 1.75. The molecule has 3 nitrogen and oxygen atoms in total. The van der Waals surface area contributed by atoms with Crippen molar-refractivity contribution < 1.29 is 14.2 Å². The van der Waals surface area contributed by atoms with Gasteiger partial charge in [-0.3, -0.25) is 4.90 Å². The zero-order valence-electron chi connectivity index (χ0n) is 10.9. The predicted molar refractivity (Wildman–Crippen MR) is 68.0 cm³/mol. The smallest absolute Gasteiger partial charge is 0.123 e. The molecule has 0 bridgehead atoms. The molecular formula is C14H20FNO2. The van der Waals surface area contributed by atoms with Crippen molar-refractivity contribution >= 4 is 0 Å². The van der Waals surface area contributed by atoms with Gasteiger partial charge in [-0.25, -0.2) is 4.39 Å². The van der Waals surface area contributed by atoms with Crippen LogP contribution in [0.2, 0.25) is 0 Å². The van der Waals surface area contributed by atoms with Gasteiger partial charge in [-0.2, -0.15) is 0 Å². The summed E-state index contributed by atoms with van der Waals surface area (Å²) >= 11 is 0. The number of hydrogen-bond donors (Lipinski definition) is 1. The van der Waals surface area contributed by atoms with Gasteiger partial charge in [0.25, 0.3) is 0 Å². The lowest BCUT2D eigenvalue weighted by Gasteiger charge is -2.36. The van der Waals surface area contributed by atoms with Crippen LogP contribution in [-0.4, -0.2) is 42.9 Å². The van der Waals surface area contributed by atoms with Crippen LogP contribution in [0.5, 0.6) is 0 Å². The third-order valence-electron chi connectivity index (χ3n) is 3.58. The molecule has 0 saturated carbocycles. The maximum absolute atomic E-state index is 13.2. The molecule has 0 amide bonds. The summed E-state index contributed by atoms with van der Waals surface area (Å²) in [6.07, 6.45) is 0.358. The molecule has 1 N–H and O–H groups in total. The van der Waals surface area contributed by atoms with E-state index in [0.717, 1.165) is 24.1 Å². The summed E-state index contributed by atoms with van der Waals surface area (Å²) in [5.74, 6) is -0.172. The van der Waals surface area contributed by atoms with Crippen LogP contribution < -0.4 is 0 Å². The van der Waals surface area contributed by atoms with Crippen molar-refractivity contribution in [2.75, 3.05) is 26.8 Å². The first-order valence-electron chi connectivity index (χ1n) is 6.31. The third-order valence-corrected chi connectivity index (χ3v) is 3.58. The first kappa shape index (κ1) is 13.5. The highest BCUT2D eigenvalue weighted by atomic mass is 19.1. The van der Waals surface area contributed by atoms with Crippen molar-refractivity contribution in [1.29, 1.82) is 0 Å². The lowest BCUT2D eigenvalue weighted by atomic mass is 9.93. The van der Waals surface area contributed by atoms with E-state index in [0.29, 0.717) is 13.2 Å². The molecule has 1 heterocycles. The van der Waals surface area contributed by atoms with Crippen molar-refractivity contribution in [2.24, 2.45) is 0 Å². The molecule has 2 atom stereocenters. The number of benzene rings is 1. The standard InChI is InChI=1S/C14H20FNO2/c1-10-14-4-3-12(15)7-11(14)5-6-16(10)8-13(17)9-18-2/h3-4,7,10,13,17H,5-6,8-9H2,1-2H3/t10-,13-/m1/s1. The highest BCUT2D eigenvalue weighted by Crippen LogP contribution is 2.29. The Morgan fingerprint density at radius 1 is 1.56 bits per heavy atom. The van der Waals surface area contributed by atoms with E-state index in [9.17, 15) is 9.50 Å². The van der Waals surface area contributed by atoms with Gasteiger partial charge < -0.3 is 9.84 Å². The fraction of sp³-hybridized carbons (Fsp3) is 0.571. The largest absolute Gasteiger partial charge is 0.389 e. The summed E-state index contributed by atoms with van der Waals surface area (Å²) in [4.78, 5) is 2.21. The van der Waals surface area contributed by atoms with Crippen LogP contribution in [0.1, 0.15) is 24.1 Å². The number of aliphatic hydroxyl groups excluding tert-OH is 1.